The van der Waals surface area contributed by atoms with Crippen LogP contribution in [0.15, 0.2) is 42.5 Å². The van der Waals surface area contributed by atoms with Crippen molar-refractivity contribution in [3.8, 4) is 11.5 Å². The van der Waals surface area contributed by atoms with Gasteiger partial charge in [0.15, 0.2) is 11.5 Å². The molecule has 7 heteroatoms. The molecular weight excluding hydrogens is 339 g/mol. The molecule has 134 valence electrons. The summed E-state index contributed by atoms with van der Waals surface area (Å²) in [5, 5.41) is 2.75. The van der Waals surface area contributed by atoms with Crippen LogP contribution < -0.4 is 14.8 Å². The minimum atomic E-state index is -1.07. The molecule has 2 aromatic rings. The van der Waals surface area contributed by atoms with Crippen molar-refractivity contribution in [1.82, 2.24) is 10.2 Å². The van der Waals surface area contributed by atoms with Gasteiger partial charge in [0, 0.05) is 6.42 Å². The minimum absolute atomic E-state index is 0.0269. The highest BCUT2D eigenvalue weighted by Gasteiger charge is 2.47. The predicted octanol–water partition coefficient (Wildman–Crippen LogP) is 2.61. The van der Waals surface area contributed by atoms with Gasteiger partial charge in [-0.1, -0.05) is 18.2 Å². The molecule has 1 N–H and O–H groups in total. The van der Waals surface area contributed by atoms with Crippen molar-refractivity contribution in [3.05, 3.63) is 59.4 Å². The SMILES string of the molecule is C[C@@]1(Cc2ccc3c(c2)OCO3)NC(=O)N(Cc2cccc(F)c2)C1=O. The van der Waals surface area contributed by atoms with E-state index >= 15 is 0 Å². The van der Waals surface area contributed by atoms with Crippen LogP contribution in [0.1, 0.15) is 18.1 Å². The lowest BCUT2D eigenvalue weighted by molar-refractivity contribution is -0.131. The van der Waals surface area contributed by atoms with E-state index in [4.69, 9.17) is 9.47 Å². The number of hydrogen-bond acceptors (Lipinski definition) is 4. The van der Waals surface area contributed by atoms with Crippen LogP contribution in [0.2, 0.25) is 0 Å². The average molecular weight is 356 g/mol. The predicted molar refractivity (Wildman–Crippen MR) is 90.2 cm³/mol. The third kappa shape index (κ3) is 2.85. The van der Waals surface area contributed by atoms with Gasteiger partial charge in [0.05, 0.1) is 6.54 Å². The maximum absolute atomic E-state index is 13.4. The lowest BCUT2D eigenvalue weighted by Gasteiger charge is -2.22. The zero-order chi connectivity index (χ0) is 18.3. The summed E-state index contributed by atoms with van der Waals surface area (Å²) in [4.78, 5) is 26.3. The quantitative estimate of drug-likeness (QED) is 0.855. The van der Waals surface area contributed by atoms with Crippen LogP contribution in [0.3, 0.4) is 0 Å². The number of carbonyl (C=O) groups excluding carboxylic acids is 2. The van der Waals surface area contributed by atoms with E-state index in [1.165, 1.54) is 12.1 Å². The number of nitrogens with one attached hydrogen (secondary N) is 1. The van der Waals surface area contributed by atoms with Crippen LogP contribution >= 0.6 is 0 Å². The number of urea groups is 1. The zero-order valence-electron chi connectivity index (χ0n) is 14.1. The molecule has 0 aromatic heterocycles. The second-order valence-corrected chi connectivity index (χ2v) is 6.65. The number of hydrogen-bond donors (Lipinski definition) is 1. The van der Waals surface area contributed by atoms with Crippen LogP contribution in [-0.2, 0) is 17.8 Å². The average Bonchev–Trinajstić information content (AvgIpc) is 3.13. The summed E-state index contributed by atoms with van der Waals surface area (Å²) in [6.45, 7) is 1.88. The van der Waals surface area contributed by atoms with E-state index in [0.29, 0.717) is 23.5 Å². The van der Waals surface area contributed by atoms with Gasteiger partial charge in [-0.15, -0.1) is 0 Å². The van der Waals surface area contributed by atoms with Crippen molar-refractivity contribution in [3.63, 3.8) is 0 Å². The van der Waals surface area contributed by atoms with Crippen molar-refractivity contribution in [1.29, 1.82) is 0 Å². The molecule has 4 rings (SSSR count). The van der Waals surface area contributed by atoms with E-state index in [1.807, 2.05) is 12.1 Å². The largest absolute Gasteiger partial charge is 0.454 e. The Bertz CT molecular complexity index is 901. The molecule has 1 saturated heterocycles. The molecule has 0 unspecified atom stereocenters. The fourth-order valence-corrected chi connectivity index (χ4v) is 3.29. The summed E-state index contributed by atoms with van der Waals surface area (Å²) in [6.07, 6.45) is 0.313. The fraction of sp³-hybridized carbons (Fsp3) is 0.263. The maximum atomic E-state index is 13.4. The second-order valence-electron chi connectivity index (χ2n) is 6.65. The Morgan fingerprint density at radius 3 is 2.73 bits per heavy atom. The molecule has 0 radical (unpaired) electrons. The van der Waals surface area contributed by atoms with Gasteiger partial charge in [-0.3, -0.25) is 9.69 Å². The van der Waals surface area contributed by atoms with Crippen LogP contribution in [0.4, 0.5) is 9.18 Å². The van der Waals surface area contributed by atoms with Gasteiger partial charge >= 0.3 is 6.03 Å². The number of carbonyl (C=O) groups is 2. The highest BCUT2D eigenvalue weighted by atomic mass is 19.1. The molecule has 2 heterocycles. The van der Waals surface area contributed by atoms with E-state index in [2.05, 4.69) is 5.32 Å². The molecule has 2 aliphatic heterocycles. The summed E-state index contributed by atoms with van der Waals surface area (Å²) in [6, 6.07) is 10.8. The third-order valence-corrected chi connectivity index (χ3v) is 4.57. The Morgan fingerprint density at radius 1 is 1.12 bits per heavy atom. The number of fused-ring (bicyclic) bond motifs is 1. The van der Waals surface area contributed by atoms with Crippen LogP contribution in [0.25, 0.3) is 0 Å². The van der Waals surface area contributed by atoms with Gasteiger partial charge in [-0.05, 0) is 42.3 Å². The molecule has 2 aromatic carbocycles. The molecule has 0 bridgehead atoms. The summed E-state index contributed by atoms with van der Waals surface area (Å²) in [5.74, 6) is 0.537. The molecule has 1 fully saturated rings. The fourth-order valence-electron chi connectivity index (χ4n) is 3.29. The Balaban J connectivity index is 1.53. The van der Waals surface area contributed by atoms with E-state index < -0.39 is 17.4 Å². The molecule has 0 aliphatic carbocycles. The highest BCUT2D eigenvalue weighted by molar-refractivity contribution is 6.06. The molecule has 0 saturated carbocycles. The monoisotopic (exact) mass is 356 g/mol. The van der Waals surface area contributed by atoms with Gasteiger partial charge in [0.2, 0.25) is 6.79 Å². The summed E-state index contributed by atoms with van der Waals surface area (Å²) < 4.78 is 24.0. The number of nitrogens with zero attached hydrogens (tertiary/aromatic N) is 1. The topological polar surface area (TPSA) is 67.9 Å². The molecule has 3 amide bonds. The molecule has 6 nitrogen and oxygen atoms in total. The Hall–Kier alpha value is -3.09. The summed E-state index contributed by atoms with van der Waals surface area (Å²) in [7, 11) is 0. The normalized spacial score (nSPS) is 21.2. The van der Waals surface area contributed by atoms with Crippen LogP contribution in [0.5, 0.6) is 11.5 Å². The molecule has 26 heavy (non-hydrogen) atoms. The maximum Gasteiger partial charge on any atom is 0.325 e. The van der Waals surface area contributed by atoms with Crippen molar-refractivity contribution in [2.24, 2.45) is 0 Å². The lowest BCUT2D eigenvalue weighted by Crippen LogP contribution is -2.45. The minimum Gasteiger partial charge on any atom is -0.454 e. The zero-order valence-corrected chi connectivity index (χ0v) is 14.1. The second kappa shape index (κ2) is 6.01. The Kier molecular flexibility index (Phi) is 3.79. The molecular formula is C19H17FN2O4. The van der Waals surface area contributed by atoms with Gasteiger partial charge in [-0.25, -0.2) is 9.18 Å². The molecule has 2 aliphatic rings. The van der Waals surface area contributed by atoms with Gasteiger partial charge in [0.1, 0.15) is 11.4 Å². The first-order valence-electron chi connectivity index (χ1n) is 8.22. The standard InChI is InChI=1S/C19H17FN2O4/c1-19(9-12-5-6-15-16(8-12)26-11-25-15)17(23)22(18(24)21-19)10-13-3-2-4-14(20)7-13/h2-8H,9-11H2,1H3,(H,21,24)/t19-/m0/s1. The summed E-state index contributed by atoms with van der Waals surface area (Å²) >= 11 is 0. The number of rotatable bonds is 4. The number of imide groups is 1. The number of halogens is 1. The van der Waals surface area contributed by atoms with Crippen LogP contribution in [-0.4, -0.2) is 29.2 Å². The van der Waals surface area contributed by atoms with Crippen molar-refractivity contribution < 1.29 is 23.5 Å². The highest BCUT2D eigenvalue weighted by Crippen LogP contribution is 2.34. The van der Waals surface area contributed by atoms with Gasteiger partial charge in [-0.2, -0.15) is 0 Å². The van der Waals surface area contributed by atoms with Crippen LogP contribution in [0, 0.1) is 5.82 Å². The number of benzene rings is 2. The first kappa shape index (κ1) is 16.4. The first-order chi connectivity index (χ1) is 12.4. The Labute approximate surface area is 149 Å². The number of amides is 3. The van der Waals surface area contributed by atoms with E-state index in [-0.39, 0.29) is 19.2 Å². The van der Waals surface area contributed by atoms with Crippen molar-refractivity contribution >= 4 is 11.9 Å². The smallest absolute Gasteiger partial charge is 0.325 e. The first-order valence-corrected chi connectivity index (χ1v) is 8.22. The Morgan fingerprint density at radius 2 is 1.92 bits per heavy atom. The summed E-state index contributed by atoms with van der Waals surface area (Å²) in [5.41, 5.74) is 0.330. The third-order valence-electron chi connectivity index (χ3n) is 4.57. The van der Waals surface area contributed by atoms with Gasteiger partial charge < -0.3 is 14.8 Å². The van der Waals surface area contributed by atoms with Crippen molar-refractivity contribution in [2.45, 2.75) is 25.4 Å². The molecule has 0 spiro atoms. The molecule has 1 atom stereocenters. The van der Waals surface area contributed by atoms with E-state index in [0.717, 1.165) is 10.5 Å². The van der Waals surface area contributed by atoms with E-state index in [1.54, 1.807) is 25.1 Å². The number of ether oxygens (including phenoxy) is 2. The van der Waals surface area contributed by atoms with Gasteiger partial charge in [0.25, 0.3) is 5.91 Å². The van der Waals surface area contributed by atoms with Crippen molar-refractivity contribution in [2.75, 3.05) is 6.79 Å². The lowest BCUT2D eigenvalue weighted by atomic mass is 9.92. The van der Waals surface area contributed by atoms with E-state index in [9.17, 15) is 14.0 Å².